The van der Waals surface area contributed by atoms with E-state index in [0.717, 1.165) is 19.3 Å². The van der Waals surface area contributed by atoms with Crippen LogP contribution in [0.25, 0.3) is 6.08 Å². The number of rotatable bonds is 7. The Bertz CT molecular complexity index is 599. The van der Waals surface area contributed by atoms with Crippen LogP contribution in [0.5, 0.6) is 0 Å². The van der Waals surface area contributed by atoms with Gasteiger partial charge in [0.1, 0.15) is 11.9 Å². The zero-order valence-corrected chi connectivity index (χ0v) is 13.4. The number of aliphatic hydroxyl groups excluding tert-OH is 2. The lowest BCUT2D eigenvalue weighted by atomic mass is 10.1. The molecule has 7 nitrogen and oxygen atoms in total. The Morgan fingerprint density at radius 2 is 2.30 bits per heavy atom. The molecule has 7 heteroatoms. The zero-order valence-electron chi connectivity index (χ0n) is 13.4. The Balaban J connectivity index is 2.18. The summed E-state index contributed by atoms with van der Waals surface area (Å²) in [6.07, 6.45) is 7.83. The molecule has 1 fully saturated rings. The van der Waals surface area contributed by atoms with Crippen molar-refractivity contribution in [1.82, 2.24) is 9.55 Å². The van der Waals surface area contributed by atoms with Crippen LogP contribution >= 0.6 is 0 Å². The molecular formula is C16H25N3O4. The smallest absolute Gasteiger partial charge is 0.351 e. The van der Waals surface area contributed by atoms with Crippen molar-refractivity contribution in [3.63, 3.8) is 0 Å². The highest BCUT2D eigenvalue weighted by atomic mass is 16.5. The van der Waals surface area contributed by atoms with Crippen LogP contribution in [0, 0.1) is 0 Å². The lowest BCUT2D eigenvalue weighted by Crippen LogP contribution is -2.32. The fourth-order valence-electron chi connectivity index (χ4n) is 2.63. The molecule has 3 unspecified atom stereocenters. The van der Waals surface area contributed by atoms with Gasteiger partial charge in [0.2, 0.25) is 0 Å². The third-order valence-electron chi connectivity index (χ3n) is 3.93. The van der Waals surface area contributed by atoms with E-state index in [4.69, 9.17) is 15.6 Å². The molecule has 0 aliphatic carbocycles. The van der Waals surface area contributed by atoms with Gasteiger partial charge in [-0.1, -0.05) is 31.9 Å². The van der Waals surface area contributed by atoms with Crippen molar-refractivity contribution >= 4 is 11.9 Å². The molecule has 1 aromatic rings. The minimum atomic E-state index is -0.864. The van der Waals surface area contributed by atoms with Gasteiger partial charge in [-0.25, -0.2) is 4.79 Å². The summed E-state index contributed by atoms with van der Waals surface area (Å²) in [5.41, 5.74) is 5.84. The molecule has 3 atom stereocenters. The van der Waals surface area contributed by atoms with Crippen LogP contribution in [0.2, 0.25) is 0 Å². The molecule has 4 N–H and O–H groups in total. The zero-order chi connectivity index (χ0) is 16.8. The van der Waals surface area contributed by atoms with Crippen molar-refractivity contribution < 1.29 is 14.9 Å². The highest BCUT2D eigenvalue weighted by Crippen LogP contribution is 2.28. The Morgan fingerprint density at radius 3 is 2.96 bits per heavy atom. The van der Waals surface area contributed by atoms with E-state index in [1.165, 1.54) is 11.0 Å². The van der Waals surface area contributed by atoms with Gasteiger partial charge in [0, 0.05) is 18.2 Å². The second-order valence-corrected chi connectivity index (χ2v) is 5.80. The molecule has 128 valence electrons. The summed E-state index contributed by atoms with van der Waals surface area (Å²) < 4.78 is 6.74. The SMILES string of the molecule is CCCCC/C=C/c1cn(C2OC(CO)CC2O)c(=O)nc1N. The summed E-state index contributed by atoms with van der Waals surface area (Å²) >= 11 is 0. The molecule has 1 aliphatic heterocycles. The topological polar surface area (TPSA) is 111 Å². The predicted octanol–water partition coefficient (Wildman–Crippen LogP) is 1.06. The first-order valence-corrected chi connectivity index (χ1v) is 8.06. The lowest BCUT2D eigenvalue weighted by molar-refractivity contribution is -0.0529. The standard InChI is InChI=1S/C16H25N3O4/c1-2-3-4-5-6-7-11-9-19(16(22)18-14(11)17)15-13(21)8-12(10-20)23-15/h6-7,9,12-13,15,20-21H,2-5,8,10H2,1H3,(H2,17,18,22)/b7-6+. The van der Waals surface area contributed by atoms with Crippen LogP contribution in [-0.2, 0) is 4.74 Å². The summed E-state index contributed by atoms with van der Waals surface area (Å²) in [6, 6.07) is 0. The number of allylic oxidation sites excluding steroid dienone is 1. The van der Waals surface area contributed by atoms with E-state index in [2.05, 4.69) is 11.9 Å². The highest BCUT2D eigenvalue weighted by Gasteiger charge is 2.35. The van der Waals surface area contributed by atoms with Gasteiger partial charge < -0.3 is 20.7 Å². The number of hydrogen-bond acceptors (Lipinski definition) is 6. The first-order chi connectivity index (χ1) is 11.1. The molecule has 1 saturated heterocycles. The van der Waals surface area contributed by atoms with Gasteiger partial charge in [0.15, 0.2) is 6.23 Å². The largest absolute Gasteiger partial charge is 0.394 e. The maximum atomic E-state index is 12.0. The van der Waals surface area contributed by atoms with E-state index in [9.17, 15) is 9.90 Å². The Hall–Kier alpha value is -1.70. The van der Waals surface area contributed by atoms with E-state index in [1.807, 2.05) is 12.2 Å². The highest BCUT2D eigenvalue weighted by molar-refractivity contribution is 5.59. The number of unbranched alkanes of at least 4 members (excludes halogenated alkanes) is 3. The maximum Gasteiger partial charge on any atom is 0.351 e. The molecule has 0 saturated carbocycles. The van der Waals surface area contributed by atoms with Gasteiger partial charge in [-0.15, -0.1) is 0 Å². The number of anilines is 1. The van der Waals surface area contributed by atoms with Gasteiger partial charge in [-0.05, 0) is 12.8 Å². The van der Waals surface area contributed by atoms with Gasteiger partial charge in [-0.3, -0.25) is 4.57 Å². The van der Waals surface area contributed by atoms with Crippen LogP contribution in [-0.4, -0.2) is 38.6 Å². The summed E-state index contributed by atoms with van der Waals surface area (Å²) in [4.78, 5) is 15.8. The van der Waals surface area contributed by atoms with Crippen LogP contribution in [0.1, 0.15) is 50.8 Å². The summed E-state index contributed by atoms with van der Waals surface area (Å²) in [5.74, 6) is 0.157. The molecule has 2 rings (SSSR count). The number of aliphatic hydroxyl groups is 2. The van der Waals surface area contributed by atoms with Crippen molar-refractivity contribution in [2.45, 2.75) is 57.5 Å². The van der Waals surface area contributed by atoms with Gasteiger partial charge in [0.25, 0.3) is 0 Å². The van der Waals surface area contributed by atoms with Crippen LogP contribution in [0.4, 0.5) is 5.82 Å². The van der Waals surface area contributed by atoms with Crippen molar-refractivity contribution in [2.24, 2.45) is 0 Å². The predicted molar refractivity (Wildman–Crippen MR) is 87.7 cm³/mol. The molecular weight excluding hydrogens is 298 g/mol. The van der Waals surface area contributed by atoms with Gasteiger partial charge >= 0.3 is 5.69 Å². The van der Waals surface area contributed by atoms with Crippen LogP contribution in [0.15, 0.2) is 17.1 Å². The third-order valence-corrected chi connectivity index (χ3v) is 3.93. The Labute approximate surface area is 135 Å². The Kier molecular flexibility index (Phi) is 6.32. The van der Waals surface area contributed by atoms with Crippen molar-refractivity contribution in [2.75, 3.05) is 12.3 Å². The van der Waals surface area contributed by atoms with E-state index in [0.29, 0.717) is 5.56 Å². The number of hydrogen-bond donors (Lipinski definition) is 3. The number of nitrogen functional groups attached to an aromatic ring is 1. The van der Waals surface area contributed by atoms with Crippen molar-refractivity contribution in [3.05, 3.63) is 28.3 Å². The third kappa shape index (κ3) is 4.40. The minimum Gasteiger partial charge on any atom is -0.394 e. The van der Waals surface area contributed by atoms with Crippen molar-refractivity contribution in [3.8, 4) is 0 Å². The second-order valence-electron chi connectivity index (χ2n) is 5.80. The maximum absolute atomic E-state index is 12.0. The Morgan fingerprint density at radius 1 is 1.52 bits per heavy atom. The molecule has 0 aromatic carbocycles. The summed E-state index contributed by atoms with van der Waals surface area (Å²) in [7, 11) is 0. The van der Waals surface area contributed by atoms with E-state index >= 15 is 0 Å². The molecule has 0 radical (unpaired) electrons. The van der Waals surface area contributed by atoms with E-state index < -0.39 is 24.1 Å². The van der Waals surface area contributed by atoms with Crippen LogP contribution in [0.3, 0.4) is 0 Å². The van der Waals surface area contributed by atoms with Crippen molar-refractivity contribution in [1.29, 1.82) is 0 Å². The number of ether oxygens (including phenoxy) is 1. The van der Waals surface area contributed by atoms with Crippen LogP contribution < -0.4 is 11.4 Å². The monoisotopic (exact) mass is 323 g/mol. The molecule has 1 aromatic heterocycles. The van der Waals surface area contributed by atoms with E-state index in [-0.39, 0.29) is 18.8 Å². The van der Waals surface area contributed by atoms with Gasteiger partial charge in [-0.2, -0.15) is 4.98 Å². The quantitative estimate of drug-likeness (QED) is 0.647. The molecule has 1 aliphatic rings. The summed E-state index contributed by atoms with van der Waals surface area (Å²) in [6.45, 7) is 1.95. The minimum absolute atomic E-state index is 0.157. The molecule has 2 heterocycles. The molecule has 23 heavy (non-hydrogen) atoms. The second kappa shape index (κ2) is 8.24. The number of nitrogens with zero attached hydrogens (tertiary/aromatic N) is 2. The molecule has 0 amide bonds. The normalized spacial score (nSPS) is 24.6. The first kappa shape index (κ1) is 17.7. The van der Waals surface area contributed by atoms with Gasteiger partial charge in [0.05, 0.1) is 12.7 Å². The fraction of sp³-hybridized carbons (Fsp3) is 0.625. The summed E-state index contributed by atoms with van der Waals surface area (Å²) in [5, 5.41) is 19.2. The molecule has 0 bridgehead atoms. The first-order valence-electron chi connectivity index (χ1n) is 8.06. The fourth-order valence-corrected chi connectivity index (χ4v) is 2.63. The number of nitrogens with two attached hydrogens (primary N) is 1. The average Bonchev–Trinajstić information content (AvgIpc) is 2.90. The lowest BCUT2D eigenvalue weighted by Gasteiger charge is -2.18. The van der Waals surface area contributed by atoms with E-state index in [1.54, 1.807) is 6.20 Å². The number of aromatic nitrogens is 2. The average molecular weight is 323 g/mol. The molecule has 0 spiro atoms.